The molecule has 7 heteroatoms. The molecule has 2 atom stereocenters. The highest BCUT2D eigenvalue weighted by Crippen LogP contribution is 2.16. The number of alkyl carbamates (subject to hydrolysis) is 1. The number of ether oxygens (including phenoxy) is 1. The molecule has 1 aliphatic heterocycles. The molecule has 0 aliphatic carbocycles. The van der Waals surface area contributed by atoms with E-state index in [0.717, 1.165) is 18.3 Å². The fourth-order valence-electron chi connectivity index (χ4n) is 3.11. The van der Waals surface area contributed by atoms with Gasteiger partial charge in [-0.2, -0.15) is 0 Å². The maximum absolute atomic E-state index is 12.2. The van der Waals surface area contributed by atoms with Crippen LogP contribution in [-0.4, -0.2) is 53.0 Å². The minimum absolute atomic E-state index is 0.0111. The molecular formula is C20H30BrN3O3. The third-order valence-electron chi connectivity index (χ3n) is 4.23. The maximum atomic E-state index is 12.2. The number of hydrogen-bond donors (Lipinski definition) is 2. The number of nitrogens with one attached hydrogen (secondary N) is 2. The molecule has 1 fully saturated rings. The van der Waals surface area contributed by atoms with Crippen LogP contribution in [0.2, 0.25) is 0 Å². The molecule has 2 N–H and O–H groups in total. The first kappa shape index (κ1) is 21.7. The molecule has 0 spiro atoms. The summed E-state index contributed by atoms with van der Waals surface area (Å²) in [4.78, 5) is 26.6. The van der Waals surface area contributed by atoms with Gasteiger partial charge in [-0.3, -0.25) is 9.69 Å². The van der Waals surface area contributed by atoms with Crippen LogP contribution in [0.5, 0.6) is 0 Å². The van der Waals surface area contributed by atoms with E-state index in [1.807, 2.05) is 39.0 Å². The lowest BCUT2D eigenvalue weighted by molar-refractivity contribution is -0.121. The lowest BCUT2D eigenvalue weighted by Crippen LogP contribution is -2.51. The summed E-state index contributed by atoms with van der Waals surface area (Å²) in [6.07, 6.45) is 0.810. The van der Waals surface area contributed by atoms with E-state index >= 15 is 0 Å². The van der Waals surface area contributed by atoms with Gasteiger partial charge in [0.1, 0.15) is 5.60 Å². The van der Waals surface area contributed by atoms with Gasteiger partial charge in [-0.1, -0.05) is 46.3 Å². The Labute approximate surface area is 170 Å². The van der Waals surface area contributed by atoms with Crippen molar-refractivity contribution in [1.82, 2.24) is 15.5 Å². The number of halogens is 1. The van der Waals surface area contributed by atoms with Crippen LogP contribution in [-0.2, 0) is 16.1 Å². The summed E-state index contributed by atoms with van der Waals surface area (Å²) in [6.45, 7) is 7.64. The lowest BCUT2D eigenvalue weighted by atomic mass is 10.1. The van der Waals surface area contributed by atoms with E-state index in [9.17, 15) is 9.59 Å². The van der Waals surface area contributed by atoms with Gasteiger partial charge < -0.3 is 15.4 Å². The molecule has 0 radical (unpaired) electrons. The minimum atomic E-state index is -0.555. The fourth-order valence-corrected chi connectivity index (χ4v) is 3.39. The number of benzene rings is 1. The van der Waals surface area contributed by atoms with Gasteiger partial charge in [0.05, 0.1) is 12.1 Å². The van der Waals surface area contributed by atoms with E-state index in [2.05, 4.69) is 43.6 Å². The molecule has 1 aromatic carbocycles. The highest BCUT2D eigenvalue weighted by atomic mass is 79.9. The normalized spacial score (nSPS) is 20.3. The van der Waals surface area contributed by atoms with Crippen LogP contribution in [0, 0.1) is 0 Å². The van der Waals surface area contributed by atoms with Crippen molar-refractivity contribution in [3.05, 3.63) is 35.9 Å². The second-order valence-corrected chi connectivity index (χ2v) is 8.69. The number of hydrogen-bond acceptors (Lipinski definition) is 4. The molecule has 1 aromatic rings. The van der Waals surface area contributed by atoms with Crippen LogP contribution in [0.1, 0.15) is 39.2 Å². The van der Waals surface area contributed by atoms with E-state index in [0.29, 0.717) is 19.5 Å². The first-order valence-corrected chi connectivity index (χ1v) is 10.5. The van der Waals surface area contributed by atoms with Crippen molar-refractivity contribution in [2.75, 3.05) is 18.4 Å². The van der Waals surface area contributed by atoms with Gasteiger partial charge in [0.2, 0.25) is 5.91 Å². The Balaban J connectivity index is 1.99. The Morgan fingerprint density at radius 2 is 1.78 bits per heavy atom. The maximum Gasteiger partial charge on any atom is 0.407 e. The highest BCUT2D eigenvalue weighted by molar-refractivity contribution is 9.09. The number of likely N-dealkylation sites (tertiary alicyclic amines) is 1. The second kappa shape index (κ2) is 10.1. The van der Waals surface area contributed by atoms with Gasteiger partial charge in [-0.25, -0.2) is 4.79 Å². The van der Waals surface area contributed by atoms with E-state index in [-0.39, 0.29) is 18.0 Å². The van der Waals surface area contributed by atoms with Crippen LogP contribution in [0.25, 0.3) is 0 Å². The Bertz CT molecular complexity index is 619. The van der Waals surface area contributed by atoms with E-state index in [1.54, 1.807) is 0 Å². The van der Waals surface area contributed by atoms with Crippen LogP contribution in [0.15, 0.2) is 30.3 Å². The van der Waals surface area contributed by atoms with Gasteiger partial charge >= 0.3 is 6.09 Å². The van der Waals surface area contributed by atoms with Gasteiger partial charge in [0, 0.05) is 31.4 Å². The molecule has 0 saturated carbocycles. The third-order valence-corrected chi connectivity index (χ3v) is 4.79. The Morgan fingerprint density at radius 1 is 1.15 bits per heavy atom. The van der Waals surface area contributed by atoms with Crippen LogP contribution >= 0.6 is 15.9 Å². The van der Waals surface area contributed by atoms with Gasteiger partial charge in [0.25, 0.3) is 0 Å². The molecule has 150 valence electrons. The predicted octanol–water partition coefficient (Wildman–Crippen LogP) is 3.06. The zero-order valence-electron chi connectivity index (χ0n) is 16.3. The zero-order valence-corrected chi connectivity index (χ0v) is 17.9. The lowest BCUT2D eigenvalue weighted by Gasteiger charge is -2.24. The molecule has 1 aliphatic rings. The molecule has 27 heavy (non-hydrogen) atoms. The summed E-state index contributed by atoms with van der Waals surface area (Å²) < 4.78 is 5.38. The van der Waals surface area contributed by atoms with Crippen molar-refractivity contribution in [2.45, 2.75) is 57.8 Å². The molecule has 2 rings (SSSR count). The summed E-state index contributed by atoms with van der Waals surface area (Å²) in [7, 11) is 0. The summed E-state index contributed by atoms with van der Waals surface area (Å²) in [5, 5.41) is 6.81. The molecule has 0 bridgehead atoms. The van der Waals surface area contributed by atoms with Crippen molar-refractivity contribution < 1.29 is 14.3 Å². The van der Waals surface area contributed by atoms with Crippen LogP contribution in [0.4, 0.5) is 4.79 Å². The number of rotatable bonds is 7. The van der Waals surface area contributed by atoms with Crippen LogP contribution in [0.3, 0.4) is 0 Å². The van der Waals surface area contributed by atoms with Gasteiger partial charge in [0.15, 0.2) is 0 Å². The molecule has 0 aromatic heterocycles. The molecule has 1 saturated heterocycles. The molecule has 0 unspecified atom stereocenters. The number of carbonyl (C=O) groups is 2. The smallest absolute Gasteiger partial charge is 0.407 e. The standard InChI is InChI=1S/C20H30BrN3O3/c1-20(2,3)27-19(26)23-17-14-24(12-15-8-5-4-6-9-15)13-16(17)22-18(25)10-7-11-21/h4-6,8-9,16-17H,7,10-14H2,1-3H3,(H,22,25)(H,23,26)/t16-,17+/m1/s1. The number of alkyl halides is 1. The summed E-state index contributed by atoms with van der Waals surface area (Å²) in [5.41, 5.74) is 0.654. The molecule has 6 nitrogen and oxygen atoms in total. The minimum Gasteiger partial charge on any atom is -0.444 e. The highest BCUT2D eigenvalue weighted by Gasteiger charge is 2.35. The SMILES string of the molecule is CC(C)(C)OC(=O)N[C@H]1CN(Cc2ccccc2)C[C@H]1NC(=O)CCCBr. The first-order valence-electron chi connectivity index (χ1n) is 9.38. The predicted molar refractivity (Wildman–Crippen MR) is 110 cm³/mol. The average molecular weight is 440 g/mol. The zero-order chi connectivity index (χ0) is 19.9. The summed E-state index contributed by atoms with van der Waals surface area (Å²) in [6, 6.07) is 9.87. The molecular weight excluding hydrogens is 410 g/mol. The van der Waals surface area contributed by atoms with Gasteiger partial charge in [-0.05, 0) is 32.8 Å². The Kier molecular flexibility index (Phi) is 8.10. The molecule has 2 amide bonds. The Morgan fingerprint density at radius 3 is 2.37 bits per heavy atom. The summed E-state index contributed by atoms with van der Waals surface area (Å²) >= 11 is 3.35. The Hall–Kier alpha value is -1.60. The van der Waals surface area contributed by atoms with E-state index in [4.69, 9.17) is 4.74 Å². The van der Waals surface area contributed by atoms with Crippen molar-refractivity contribution in [1.29, 1.82) is 0 Å². The quantitative estimate of drug-likeness (QED) is 0.640. The van der Waals surface area contributed by atoms with E-state index < -0.39 is 11.7 Å². The topological polar surface area (TPSA) is 70.7 Å². The van der Waals surface area contributed by atoms with Gasteiger partial charge in [-0.15, -0.1) is 0 Å². The summed E-state index contributed by atoms with van der Waals surface area (Å²) in [5.74, 6) is 0.0111. The number of amides is 2. The van der Waals surface area contributed by atoms with E-state index in [1.165, 1.54) is 5.56 Å². The van der Waals surface area contributed by atoms with Crippen molar-refractivity contribution >= 4 is 27.9 Å². The molecule has 1 heterocycles. The first-order chi connectivity index (χ1) is 12.8. The third kappa shape index (κ3) is 7.89. The number of nitrogens with zero attached hydrogens (tertiary/aromatic N) is 1. The average Bonchev–Trinajstić information content (AvgIpc) is 2.92. The largest absolute Gasteiger partial charge is 0.444 e. The van der Waals surface area contributed by atoms with Crippen LogP contribution < -0.4 is 10.6 Å². The second-order valence-electron chi connectivity index (χ2n) is 7.90. The monoisotopic (exact) mass is 439 g/mol. The van der Waals surface area contributed by atoms with Crippen molar-refractivity contribution in [2.24, 2.45) is 0 Å². The van der Waals surface area contributed by atoms with Crippen molar-refractivity contribution in [3.8, 4) is 0 Å². The number of carbonyl (C=O) groups excluding carboxylic acids is 2. The van der Waals surface area contributed by atoms with Crippen molar-refractivity contribution in [3.63, 3.8) is 0 Å². The fraction of sp³-hybridized carbons (Fsp3) is 0.600.